The van der Waals surface area contributed by atoms with Crippen molar-refractivity contribution in [3.63, 3.8) is 0 Å². The van der Waals surface area contributed by atoms with E-state index in [9.17, 15) is 4.79 Å². The van der Waals surface area contributed by atoms with Gasteiger partial charge in [-0.25, -0.2) is 0 Å². The van der Waals surface area contributed by atoms with E-state index in [0.717, 1.165) is 5.56 Å². The zero-order chi connectivity index (χ0) is 20.7. The zero-order valence-corrected chi connectivity index (χ0v) is 16.8. The number of anilines is 1. The zero-order valence-electron chi connectivity index (χ0n) is 15.9. The second-order valence-electron chi connectivity index (χ2n) is 5.43. The molecule has 0 bridgehead atoms. The molecule has 1 N–H and O–H groups in total. The number of benzene rings is 1. The van der Waals surface area contributed by atoms with Crippen molar-refractivity contribution in [3.05, 3.63) is 34.7 Å². The van der Waals surface area contributed by atoms with E-state index in [0.29, 0.717) is 56.4 Å². The summed E-state index contributed by atoms with van der Waals surface area (Å²) in [5.74, 6) is 0.165. The fraction of sp³-hybridized carbons (Fsp3) is 0.471. The number of thioether (sulfide) groups is 1. The van der Waals surface area contributed by atoms with Gasteiger partial charge in [-0.2, -0.15) is 0 Å². The summed E-state index contributed by atoms with van der Waals surface area (Å²) in [5, 5.41) is 14.4. The smallest absolute Gasteiger partial charge is 0.276 e. The van der Waals surface area contributed by atoms with Crippen LogP contribution in [0.3, 0.4) is 0 Å². The van der Waals surface area contributed by atoms with Crippen LogP contribution >= 0.6 is 11.8 Å². The van der Waals surface area contributed by atoms with Crippen LogP contribution < -0.4 is 5.32 Å². The third-order valence-corrected chi connectivity index (χ3v) is 3.89. The fourth-order valence-corrected chi connectivity index (χ4v) is 2.34. The van der Waals surface area contributed by atoms with E-state index >= 15 is 0 Å². The topological polar surface area (TPSA) is 144 Å². The van der Waals surface area contributed by atoms with Crippen molar-refractivity contribution in [3.8, 4) is 11.5 Å². The normalized spacial score (nSPS) is 10.5. The molecule has 11 nitrogen and oxygen atoms in total. The van der Waals surface area contributed by atoms with Crippen molar-refractivity contribution in [1.82, 2.24) is 10.2 Å². The Morgan fingerprint density at radius 3 is 2.48 bits per heavy atom. The fourth-order valence-electron chi connectivity index (χ4n) is 2.06. The Labute approximate surface area is 171 Å². The maximum atomic E-state index is 11.9. The van der Waals surface area contributed by atoms with Gasteiger partial charge in [0.15, 0.2) is 0 Å². The van der Waals surface area contributed by atoms with Crippen LogP contribution in [0.1, 0.15) is 0 Å². The number of rotatable bonds is 14. The molecule has 0 saturated heterocycles. The predicted molar refractivity (Wildman–Crippen MR) is 107 cm³/mol. The van der Waals surface area contributed by atoms with Crippen LogP contribution in [0.4, 0.5) is 5.69 Å². The van der Waals surface area contributed by atoms with Gasteiger partial charge in [0.05, 0.1) is 33.0 Å². The van der Waals surface area contributed by atoms with Crippen LogP contribution in [-0.2, 0) is 19.0 Å². The number of amides is 1. The maximum Gasteiger partial charge on any atom is 0.276 e. The van der Waals surface area contributed by atoms with Gasteiger partial charge >= 0.3 is 0 Å². The molecule has 1 aromatic carbocycles. The van der Waals surface area contributed by atoms with Crippen molar-refractivity contribution in [1.29, 1.82) is 0 Å². The van der Waals surface area contributed by atoms with Gasteiger partial charge in [0.1, 0.15) is 6.61 Å². The van der Waals surface area contributed by atoms with Gasteiger partial charge in [-0.1, -0.05) is 16.9 Å². The molecule has 0 spiro atoms. The first-order chi connectivity index (χ1) is 14.2. The Bertz CT molecular complexity index is 794. The minimum absolute atomic E-state index is 0.0749. The van der Waals surface area contributed by atoms with Gasteiger partial charge in [0.25, 0.3) is 5.22 Å². The van der Waals surface area contributed by atoms with Crippen molar-refractivity contribution in [2.45, 2.75) is 5.22 Å². The largest absolute Gasteiger partial charge is 0.411 e. The number of hydrogen-bond donors (Lipinski definition) is 1. The second-order valence-corrected chi connectivity index (χ2v) is 6.19. The third-order valence-electron chi connectivity index (χ3n) is 3.37. The lowest BCUT2D eigenvalue weighted by Gasteiger charge is -2.07. The quantitative estimate of drug-likeness (QED) is 0.161. The van der Waals surface area contributed by atoms with Crippen LogP contribution in [0.5, 0.6) is 0 Å². The molecule has 2 rings (SSSR count). The molecule has 0 fully saturated rings. The van der Waals surface area contributed by atoms with E-state index in [2.05, 4.69) is 25.5 Å². The van der Waals surface area contributed by atoms with E-state index in [1.807, 2.05) is 6.26 Å². The monoisotopic (exact) mass is 422 g/mol. The van der Waals surface area contributed by atoms with E-state index in [-0.39, 0.29) is 12.5 Å². The summed E-state index contributed by atoms with van der Waals surface area (Å²) in [4.78, 5) is 14.5. The van der Waals surface area contributed by atoms with Crippen LogP contribution in [0.15, 0.2) is 39.0 Å². The Balaban J connectivity index is 1.55. The number of carbonyl (C=O) groups excluding carboxylic acids is 1. The summed E-state index contributed by atoms with van der Waals surface area (Å²) >= 11 is 1.37. The summed E-state index contributed by atoms with van der Waals surface area (Å²) in [5.41, 5.74) is 9.51. The number of ether oxygens (including phenoxy) is 3. The lowest BCUT2D eigenvalue weighted by Crippen LogP contribution is -2.20. The van der Waals surface area contributed by atoms with Gasteiger partial charge < -0.3 is 23.9 Å². The first-order valence-electron chi connectivity index (χ1n) is 8.75. The first kappa shape index (κ1) is 22.7. The molecule has 1 aromatic heterocycles. The van der Waals surface area contributed by atoms with Crippen LogP contribution in [-0.4, -0.2) is 68.5 Å². The Hall–Kier alpha value is -2.63. The van der Waals surface area contributed by atoms with Gasteiger partial charge in [0, 0.05) is 22.7 Å². The first-order valence-corrected chi connectivity index (χ1v) is 9.97. The van der Waals surface area contributed by atoms with Gasteiger partial charge in [0.2, 0.25) is 11.8 Å². The summed E-state index contributed by atoms with van der Waals surface area (Å²) in [6.45, 7) is 2.03. The lowest BCUT2D eigenvalue weighted by molar-refractivity contribution is -0.121. The van der Waals surface area contributed by atoms with Gasteiger partial charge in [-0.05, 0) is 36.1 Å². The van der Waals surface area contributed by atoms with E-state index in [1.165, 1.54) is 11.8 Å². The van der Waals surface area contributed by atoms with Crippen LogP contribution in [0.25, 0.3) is 21.9 Å². The minimum Gasteiger partial charge on any atom is -0.411 e. The Kier molecular flexibility index (Phi) is 10.6. The molecule has 156 valence electrons. The minimum atomic E-state index is -0.262. The summed E-state index contributed by atoms with van der Waals surface area (Å²) < 4.78 is 21.2. The molecule has 0 radical (unpaired) electrons. The van der Waals surface area contributed by atoms with Crippen molar-refractivity contribution >= 4 is 23.4 Å². The Morgan fingerprint density at radius 2 is 1.83 bits per heavy atom. The number of carbonyl (C=O) groups is 1. The van der Waals surface area contributed by atoms with Gasteiger partial charge in [-0.3, -0.25) is 4.79 Å². The molecular formula is C17H22N6O5S. The molecule has 0 saturated carbocycles. The highest BCUT2D eigenvalue weighted by atomic mass is 32.2. The third kappa shape index (κ3) is 8.94. The SMILES string of the molecule is CSc1nnc(-c2ccc(NC(=O)COCCOCCOCCN=[N+]=[N-])cc2)o1. The second kappa shape index (κ2) is 13.5. The molecule has 0 atom stereocenters. The van der Waals surface area contributed by atoms with Crippen LogP contribution in [0, 0.1) is 0 Å². The van der Waals surface area contributed by atoms with Crippen molar-refractivity contribution in [2.24, 2.45) is 5.11 Å². The number of aromatic nitrogens is 2. The molecular weight excluding hydrogens is 400 g/mol. The number of nitrogens with one attached hydrogen (secondary N) is 1. The predicted octanol–water partition coefficient (Wildman–Crippen LogP) is 2.76. The van der Waals surface area contributed by atoms with Crippen molar-refractivity contribution in [2.75, 3.05) is 57.8 Å². The van der Waals surface area contributed by atoms with Gasteiger partial charge in [-0.15, -0.1) is 10.2 Å². The molecule has 1 heterocycles. The average Bonchev–Trinajstić information content (AvgIpc) is 3.22. The van der Waals surface area contributed by atoms with Crippen LogP contribution in [0.2, 0.25) is 0 Å². The lowest BCUT2D eigenvalue weighted by atomic mass is 10.2. The van der Waals surface area contributed by atoms with E-state index in [4.69, 9.17) is 24.2 Å². The molecule has 1 amide bonds. The Morgan fingerprint density at radius 1 is 1.14 bits per heavy atom. The molecule has 2 aromatic rings. The number of nitrogens with zero attached hydrogens (tertiary/aromatic N) is 5. The van der Waals surface area contributed by atoms with E-state index in [1.54, 1.807) is 24.3 Å². The van der Waals surface area contributed by atoms with E-state index < -0.39 is 0 Å². The summed E-state index contributed by atoms with van der Waals surface area (Å²) in [6, 6.07) is 7.08. The molecule has 0 unspecified atom stereocenters. The molecule has 0 aliphatic carbocycles. The summed E-state index contributed by atoms with van der Waals surface area (Å²) in [6.07, 6.45) is 1.86. The highest BCUT2D eigenvalue weighted by molar-refractivity contribution is 7.98. The molecule has 0 aliphatic heterocycles. The highest BCUT2D eigenvalue weighted by Crippen LogP contribution is 2.23. The molecule has 29 heavy (non-hydrogen) atoms. The number of azide groups is 1. The molecule has 12 heteroatoms. The van der Waals surface area contributed by atoms with Crippen molar-refractivity contribution < 1.29 is 23.4 Å². The standard InChI is InChI=1S/C17H22N6O5S/c1-29-17-22-21-16(28-17)13-2-4-14(5-3-13)20-15(24)12-27-11-10-26-9-8-25-7-6-19-23-18/h2-5H,6-12H2,1H3,(H,20,24). The summed E-state index contributed by atoms with van der Waals surface area (Å²) in [7, 11) is 0. The maximum absolute atomic E-state index is 11.9. The number of hydrogen-bond acceptors (Lipinski definition) is 9. The average molecular weight is 422 g/mol. The highest BCUT2D eigenvalue weighted by Gasteiger charge is 2.08. The molecule has 0 aliphatic rings.